The van der Waals surface area contributed by atoms with Crippen molar-refractivity contribution in [3.8, 4) is 22.6 Å². The summed E-state index contributed by atoms with van der Waals surface area (Å²) in [6, 6.07) is 28.8. The maximum absolute atomic E-state index is 11.1. The van der Waals surface area contributed by atoms with Crippen LogP contribution in [0, 0.1) is 6.92 Å². The van der Waals surface area contributed by atoms with Crippen LogP contribution < -0.4 is 20.1 Å². The number of rotatable bonds is 12. The number of aromatic amines is 1. The lowest BCUT2D eigenvalue weighted by Crippen LogP contribution is -2.30. The minimum atomic E-state index is -0.0360. The van der Waals surface area contributed by atoms with E-state index in [9.17, 15) is 4.79 Å². The average molecular weight is 535 g/mol. The number of hydrogen-bond donors (Lipinski definition) is 3. The second-order valence-electron chi connectivity index (χ2n) is 9.75. The summed E-state index contributed by atoms with van der Waals surface area (Å²) in [7, 11) is 0. The Balaban J connectivity index is 1.30. The number of amides is 1. The Bertz CT molecular complexity index is 1580. The van der Waals surface area contributed by atoms with Gasteiger partial charge in [0.1, 0.15) is 24.7 Å². The van der Waals surface area contributed by atoms with Gasteiger partial charge in [0.05, 0.1) is 11.7 Å². The number of benzene rings is 4. The van der Waals surface area contributed by atoms with Crippen LogP contribution in [0.15, 0.2) is 91.1 Å². The Kier molecular flexibility index (Phi) is 8.73. The maximum Gasteiger partial charge on any atom is 0.216 e. The van der Waals surface area contributed by atoms with Gasteiger partial charge in [-0.25, -0.2) is 0 Å². The van der Waals surface area contributed by atoms with Gasteiger partial charge >= 0.3 is 0 Å². The molecule has 7 heteroatoms. The molecule has 1 aromatic heterocycles. The number of carbonyl (C=O) groups is 1. The number of nitrogens with one attached hydrogen (secondary N) is 3. The first-order valence-electron chi connectivity index (χ1n) is 13.5. The third kappa shape index (κ3) is 6.87. The summed E-state index contributed by atoms with van der Waals surface area (Å²) in [5.74, 6) is 1.46. The molecular formula is C33H34N4O3. The van der Waals surface area contributed by atoms with Gasteiger partial charge in [-0.1, -0.05) is 66.7 Å². The van der Waals surface area contributed by atoms with Crippen molar-refractivity contribution in [3.63, 3.8) is 0 Å². The molecule has 0 radical (unpaired) electrons. The monoisotopic (exact) mass is 534 g/mol. The van der Waals surface area contributed by atoms with Gasteiger partial charge in [-0.2, -0.15) is 5.10 Å². The van der Waals surface area contributed by atoms with E-state index in [1.807, 2.05) is 42.6 Å². The number of nitrogens with zero attached hydrogens (tertiary/aromatic N) is 1. The molecule has 0 unspecified atom stereocenters. The fourth-order valence-corrected chi connectivity index (χ4v) is 4.62. The van der Waals surface area contributed by atoms with E-state index in [4.69, 9.17) is 9.47 Å². The van der Waals surface area contributed by atoms with E-state index < -0.39 is 0 Å². The smallest absolute Gasteiger partial charge is 0.216 e. The van der Waals surface area contributed by atoms with E-state index in [0.29, 0.717) is 32.8 Å². The second kappa shape index (κ2) is 13.0. The minimum absolute atomic E-state index is 0.0360. The van der Waals surface area contributed by atoms with Crippen LogP contribution in [0.3, 0.4) is 0 Å². The Morgan fingerprint density at radius 2 is 1.75 bits per heavy atom. The Morgan fingerprint density at radius 3 is 2.60 bits per heavy atom. The molecule has 0 spiro atoms. The van der Waals surface area contributed by atoms with Crippen LogP contribution >= 0.6 is 0 Å². The number of fused-ring (bicyclic) bond motifs is 1. The lowest BCUT2D eigenvalue weighted by atomic mass is 9.97. The van der Waals surface area contributed by atoms with Crippen LogP contribution in [-0.4, -0.2) is 29.2 Å². The van der Waals surface area contributed by atoms with Gasteiger partial charge in [0.25, 0.3) is 0 Å². The number of carbonyl (C=O) groups excluding carboxylic acids is 1. The quantitative estimate of drug-likeness (QED) is 0.173. The fourth-order valence-electron chi connectivity index (χ4n) is 4.62. The molecule has 1 amide bonds. The number of hydrogen-bond acceptors (Lipinski definition) is 5. The van der Waals surface area contributed by atoms with Crippen LogP contribution in [0.4, 0.5) is 0 Å². The molecule has 7 nitrogen and oxygen atoms in total. The molecule has 0 fully saturated rings. The molecule has 0 aliphatic heterocycles. The third-order valence-electron chi connectivity index (χ3n) is 6.86. The topological polar surface area (TPSA) is 88.3 Å². The molecule has 4 aromatic carbocycles. The van der Waals surface area contributed by atoms with Crippen molar-refractivity contribution < 1.29 is 14.3 Å². The lowest BCUT2D eigenvalue weighted by molar-refractivity contribution is -0.118. The summed E-state index contributed by atoms with van der Waals surface area (Å²) in [4.78, 5) is 11.1. The van der Waals surface area contributed by atoms with Gasteiger partial charge in [0.15, 0.2) is 0 Å². The maximum atomic E-state index is 11.1. The molecule has 0 aliphatic rings. The highest BCUT2D eigenvalue weighted by Gasteiger charge is 2.10. The van der Waals surface area contributed by atoms with Crippen LogP contribution in [0.1, 0.15) is 29.2 Å². The molecule has 0 saturated carbocycles. The summed E-state index contributed by atoms with van der Waals surface area (Å²) < 4.78 is 12.6. The Hall–Kier alpha value is -4.62. The highest BCUT2D eigenvalue weighted by atomic mass is 16.5. The molecule has 0 aliphatic carbocycles. The summed E-state index contributed by atoms with van der Waals surface area (Å²) in [5, 5.41) is 14.4. The Morgan fingerprint density at radius 1 is 0.875 bits per heavy atom. The molecule has 3 N–H and O–H groups in total. The van der Waals surface area contributed by atoms with Gasteiger partial charge in [-0.15, -0.1) is 0 Å². The SMILES string of the molecule is CC(=O)NCCNCc1ccc(OCc2cccc(-c3ccccc3)c2C)cc1OCc1ccc2cn[nH]c2c1. The lowest BCUT2D eigenvalue weighted by Gasteiger charge is -2.16. The van der Waals surface area contributed by atoms with E-state index in [1.54, 1.807) is 0 Å². The molecule has 5 aromatic rings. The molecule has 204 valence electrons. The van der Waals surface area contributed by atoms with Crippen molar-refractivity contribution in [3.05, 3.63) is 113 Å². The molecule has 0 saturated heterocycles. The van der Waals surface area contributed by atoms with Crippen LogP contribution in [0.2, 0.25) is 0 Å². The van der Waals surface area contributed by atoms with Crippen LogP contribution in [0.5, 0.6) is 11.5 Å². The Labute approximate surface area is 234 Å². The molecule has 0 bridgehead atoms. The van der Waals surface area contributed by atoms with E-state index in [2.05, 4.69) is 76.3 Å². The van der Waals surface area contributed by atoms with E-state index in [-0.39, 0.29) is 5.91 Å². The van der Waals surface area contributed by atoms with Gasteiger partial charge < -0.3 is 20.1 Å². The first-order chi connectivity index (χ1) is 19.6. The molecule has 5 rings (SSSR count). The van der Waals surface area contributed by atoms with Gasteiger partial charge in [-0.3, -0.25) is 9.89 Å². The number of ether oxygens (including phenoxy) is 2. The normalized spacial score (nSPS) is 10.9. The first-order valence-corrected chi connectivity index (χ1v) is 13.5. The number of H-pyrrole nitrogens is 1. The summed E-state index contributed by atoms with van der Waals surface area (Å²) in [5.41, 5.74) is 7.79. The zero-order valence-corrected chi connectivity index (χ0v) is 22.9. The van der Waals surface area contributed by atoms with Crippen LogP contribution in [0.25, 0.3) is 22.0 Å². The van der Waals surface area contributed by atoms with Crippen molar-refractivity contribution in [2.45, 2.75) is 33.6 Å². The fraction of sp³-hybridized carbons (Fsp3) is 0.212. The molecule has 40 heavy (non-hydrogen) atoms. The standard InChI is InChI=1S/C33H34N4O3/c1-23-29(9-6-10-31(23)26-7-4-3-5-8-26)22-39-30-14-13-28(19-34-15-16-35-24(2)38)33(18-30)40-21-25-11-12-27-20-36-37-32(27)17-25/h3-14,17-18,20,34H,15-16,19,21-22H2,1-2H3,(H,35,38)(H,36,37). The van der Waals surface area contributed by atoms with Crippen molar-refractivity contribution in [2.24, 2.45) is 0 Å². The van der Waals surface area contributed by atoms with Crippen molar-refractivity contribution in [1.29, 1.82) is 0 Å². The summed E-state index contributed by atoms with van der Waals surface area (Å²) in [6.45, 7) is 6.36. The highest BCUT2D eigenvalue weighted by Crippen LogP contribution is 2.29. The number of aromatic nitrogens is 2. The zero-order chi connectivity index (χ0) is 27.7. The highest BCUT2D eigenvalue weighted by molar-refractivity contribution is 5.78. The molecular weight excluding hydrogens is 500 g/mol. The van der Waals surface area contributed by atoms with Crippen molar-refractivity contribution in [1.82, 2.24) is 20.8 Å². The van der Waals surface area contributed by atoms with Gasteiger partial charge in [0.2, 0.25) is 5.91 Å². The van der Waals surface area contributed by atoms with E-state index in [1.165, 1.54) is 23.6 Å². The van der Waals surface area contributed by atoms with Crippen LogP contribution in [-0.2, 0) is 24.6 Å². The average Bonchev–Trinajstić information content (AvgIpc) is 3.44. The molecule has 1 heterocycles. The predicted molar refractivity (Wildman–Crippen MR) is 158 cm³/mol. The first kappa shape index (κ1) is 27.0. The minimum Gasteiger partial charge on any atom is -0.489 e. The van der Waals surface area contributed by atoms with Gasteiger partial charge in [0, 0.05) is 43.6 Å². The van der Waals surface area contributed by atoms with Crippen molar-refractivity contribution in [2.75, 3.05) is 13.1 Å². The molecule has 0 atom stereocenters. The summed E-state index contributed by atoms with van der Waals surface area (Å²) in [6.07, 6.45) is 1.81. The van der Waals surface area contributed by atoms with E-state index >= 15 is 0 Å². The van der Waals surface area contributed by atoms with E-state index in [0.717, 1.165) is 39.1 Å². The summed E-state index contributed by atoms with van der Waals surface area (Å²) >= 11 is 0. The largest absolute Gasteiger partial charge is 0.489 e. The predicted octanol–water partition coefficient (Wildman–Crippen LogP) is 5.92. The van der Waals surface area contributed by atoms with Crippen molar-refractivity contribution >= 4 is 16.8 Å². The van der Waals surface area contributed by atoms with Gasteiger partial charge in [-0.05, 0) is 46.9 Å². The second-order valence-corrected chi connectivity index (χ2v) is 9.75. The third-order valence-corrected chi connectivity index (χ3v) is 6.86. The zero-order valence-electron chi connectivity index (χ0n) is 22.9.